The first-order chi connectivity index (χ1) is 9.11. The SMILES string of the molecule is CC1(OC(=O)/C=C/C(=O)O)C(F)=C(F)C(F)=C(F)C1F. The summed E-state index contributed by atoms with van der Waals surface area (Å²) in [5.74, 6) is -12.2. The van der Waals surface area contributed by atoms with Crippen LogP contribution in [0.15, 0.2) is 35.5 Å². The summed E-state index contributed by atoms with van der Waals surface area (Å²) >= 11 is 0. The van der Waals surface area contributed by atoms with E-state index in [1.807, 2.05) is 0 Å². The molecule has 0 saturated heterocycles. The first-order valence-corrected chi connectivity index (χ1v) is 5.00. The molecule has 1 N–H and O–H groups in total. The average molecular weight is 298 g/mol. The second-order valence-corrected chi connectivity index (χ2v) is 3.85. The number of rotatable bonds is 3. The molecule has 0 radical (unpaired) electrons. The molecule has 1 rings (SSSR count). The Balaban J connectivity index is 3.10. The van der Waals surface area contributed by atoms with Crippen LogP contribution in [0.4, 0.5) is 22.0 Å². The summed E-state index contributed by atoms with van der Waals surface area (Å²) in [6, 6.07) is 0. The van der Waals surface area contributed by atoms with E-state index in [0.29, 0.717) is 6.92 Å². The zero-order valence-corrected chi connectivity index (χ0v) is 9.79. The zero-order valence-electron chi connectivity index (χ0n) is 9.79. The third-order valence-corrected chi connectivity index (χ3v) is 2.41. The smallest absolute Gasteiger partial charge is 0.332 e. The number of allylic oxidation sites excluding steroid dienone is 2. The molecule has 1 aliphatic rings. The summed E-state index contributed by atoms with van der Waals surface area (Å²) < 4.78 is 70.0. The topological polar surface area (TPSA) is 63.6 Å². The first kappa shape index (κ1) is 15.9. The summed E-state index contributed by atoms with van der Waals surface area (Å²) in [4.78, 5) is 21.2. The van der Waals surface area contributed by atoms with E-state index in [2.05, 4.69) is 4.74 Å². The van der Waals surface area contributed by atoms with Gasteiger partial charge in [0.15, 0.2) is 23.3 Å². The van der Waals surface area contributed by atoms with E-state index in [-0.39, 0.29) is 12.2 Å². The standard InChI is InChI=1S/C11H7F5O4/c1-11(20-5(19)3-2-4(17)18)9(15)7(13)6(12)8(14)10(11)16/h2-3,9H,1H3,(H,17,18)/b3-2+. The van der Waals surface area contributed by atoms with Crippen LogP contribution in [0.25, 0.3) is 0 Å². The number of alkyl halides is 1. The first-order valence-electron chi connectivity index (χ1n) is 5.00. The zero-order chi connectivity index (χ0) is 15.7. The molecule has 0 amide bonds. The van der Waals surface area contributed by atoms with Gasteiger partial charge in [-0.3, -0.25) is 0 Å². The molecule has 0 bridgehead atoms. The lowest BCUT2D eigenvalue weighted by Crippen LogP contribution is -2.45. The van der Waals surface area contributed by atoms with E-state index in [1.165, 1.54) is 0 Å². The summed E-state index contributed by atoms with van der Waals surface area (Å²) in [5.41, 5.74) is -3.07. The third kappa shape index (κ3) is 2.70. The van der Waals surface area contributed by atoms with Crippen LogP contribution in [-0.2, 0) is 14.3 Å². The fourth-order valence-corrected chi connectivity index (χ4v) is 1.36. The van der Waals surface area contributed by atoms with E-state index >= 15 is 0 Å². The summed E-state index contributed by atoms with van der Waals surface area (Å²) in [7, 11) is 0. The van der Waals surface area contributed by atoms with Gasteiger partial charge in [0.25, 0.3) is 0 Å². The van der Waals surface area contributed by atoms with Gasteiger partial charge in [-0.1, -0.05) is 0 Å². The molecular weight excluding hydrogens is 291 g/mol. The Morgan fingerprint density at radius 2 is 1.75 bits per heavy atom. The summed E-state index contributed by atoms with van der Waals surface area (Å²) in [6.07, 6.45) is -2.55. The number of carbonyl (C=O) groups excluding carboxylic acids is 1. The molecule has 0 fully saturated rings. The normalized spacial score (nSPS) is 27.2. The summed E-state index contributed by atoms with van der Waals surface area (Å²) in [6.45, 7) is 0.477. The Kier molecular flexibility index (Phi) is 4.31. The van der Waals surface area contributed by atoms with Crippen molar-refractivity contribution in [1.82, 2.24) is 0 Å². The number of hydrogen-bond donors (Lipinski definition) is 1. The van der Waals surface area contributed by atoms with Crippen molar-refractivity contribution in [2.75, 3.05) is 0 Å². The molecule has 0 aliphatic heterocycles. The Bertz CT molecular complexity index is 551. The van der Waals surface area contributed by atoms with Gasteiger partial charge in [0.1, 0.15) is 0 Å². The van der Waals surface area contributed by atoms with Crippen molar-refractivity contribution in [3.63, 3.8) is 0 Å². The van der Waals surface area contributed by atoms with Gasteiger partial charge in [0.2, 0.25) is 11.8 Å². The van der Waals surface area contributed by atoms with Crippen LogP contribution in [0, 0.1) is 0 Å². The van der Waals surface area contributed by atoms with Gasteiger partial charge in [-0.15, -0.1) is 0 Å². The van der Waals surface area contributed by atoms with E-state index < -0.39 is 47.0 Å². The molecule has 0 aromatic heterocycles. The van der Waals surface area contributed by atoms with Crippen molar-refractivity contribution >= 4 is 11.9 Å². The van der Waals surface area contributed by atoms with E-state index in [0.717, 1.165) is 0 Å². The Hall–Kier alpha value is -2.19. The van der Waals surface area contributed by atoms with Crippen LogP contribution in [0.1, 0.15) is 6.92 Å². The van der Waals surface area contributed by atoms with Crippen molar-refractivity contribution in [3.8, 4) is 0 Å². The highest BCUT2D eigenvalue weighted by molar-refractivity contribution is 5.91. The van der Waals surface area contributed by atoms with E-state index in [1.54, 1.807) is 0 Å². The maximum absolute atomic E-state index is 13.5. The molecule has 0 heterocycles. The van der Waals surface area contributed by atoms with E-state index in [9.17, 15) is 31.5 Å². The molecular formula is C11H7F5O4. The lowest BCUT2D eigenvalue weighted by atomic mass is 9.92. The highest BCUT2D eigenvalue weighted by Gasteiger charge is 2.52. The quantitative estimate of drug-likeness (QED) is 0.494. The van der Waals surface area contributed by atoms with Crippen LogP contribution in [0.3, 0.4) is 0 Å². The van der Waals surface area contributed by atoms with Gasteiger partial charge in [-0.2, -0.15) is 0 Å². The number of carboxylic acids is 1. The molecule has 0 spiro atoms. The monoisotopic (exact) mass is 298 g/mol. The fourth-order valence-electron chi connectivity index (χ4n) is 1.36. The number of hydrogen-bond acceptors (Lipinski definition) is 3. The Labute approximate surface area is 108 Å². The highest BCUT2D eigenvalue weighted by atomic mass is 19.2. The molecule has 2 unspecified atom stereocenters. The highest BCUT2D eigenvalue weighted by Crippen LogP contribution is 2.43. The Morgan fingerprint density at radius 1 is 1.20 bits per heavy atom. The minimum atomic E-state index is -3.11. The molecule has 0 aromatic carbocycles. The van der Waals surface area contributed by atoms with Crippen LogP contribution in [0.2, 0.25) is 0 Å². The molecule has 20 heavy (non-hydrogen) atoms. The summed E-state index contributed by atoms with van der Waals surface area (Å²) in [5, 5.41) is 8.23. The second-order valence-electron chi connectivity index (χ2n) is 3.85. The van der Waals surface area contributed by atoms with Gasteiger partial charge in [-0.25, -0.2) is 31.5 Å². The average Bonchev–Trinajstić information content (AvgIpc) is 2.39. The number of halogens is 5. The lowest BCUT2D eigenvalue weighted by Gasteiger charge is -2.32. The predicted molar refractivity (Wildman–Crippen MR) is 54.7 cm³/mol. The maximum atomic E-state index is 13.5. The Morgan fingerprint density at radius 3 is 2.25 bits per heavy atom. The van der Waals surface area contributed by atoms with Crippen molar-refractivity contribution in [2.45, 2.75) is 18.7 Å². The predicted octanol–water partition coefficient (Wildman–Crippen LogP) is 2.58. The molecule has 4 nitrogen and oxygen atoms in total. The van der Waals surface area contributed by atoms with Gasteiger partial charge < -0.3 is 9.84 Å². The van der Waals surface area contributed by atoms with Gasteiger partial charge in [-0.05, 0) is 6.92 Å². The van der Waals surface area contributed by atoms with Crippen LogP contribution in [0.5, 0.6) is 0 Å². The second kappa shape index (κ2) is 5.43. The lowest BCUT2D eigenvalue weighted by molar-refractivity contribution is -0.156. The van der Waals surface area contributed by atoms with Crippen molar-refractivity contribution in [1.29, 1.82) is 0 Å². The molecule has 9 heteroatoms. The van der Waals surface area contributed by atoms with Crippen molar-refractivity contribution in [3.05, 3.63) is 35.5 Å². The van der Waals surface area contributed by atoms with E-state index in [4.69, 9.17) is 5.11 Å². The molecule has 0 saturated carbocycles. The minimum absolute atomic E-state index is 0.276. The number of carbonyl (C=O) groups is 2. The molecule has 2 atom stereocenters. The molecule has 0 aromatic rings. The van der Waals surface area contributed by atoms with Gasteiger partial charge in [0.05, 0.1) is 0 Å². The van der Waals surface area contributed by atoms with Crippen molar-refractivity contribution in [2.24, 2.45) is 0 Å². The molecule has 1 aliphatic carbocycles. The van der Waals surface area contributed by atoms with Crippen LogP contribution in [-0.4, -0.2) is 28.8 Å². The molecule has 110 valence electrons. The fraction of sp³-hybridized carbons (Fsp3) is 0.273. The van der Waals surface area contributed by atoms with Gasteiger partial charge >= 0.3 is 11.9 Å². The van der Waals surface area contributed by atoms with Crippen LogP contribution >= 0.6 is 0 Å². The van der Waals surface area contributed by atoms with Crippen molar-refractivity contribution < 1.29 is 41.4 Å². The minimum Gasteiger partial charge on any atom is -0.478 e. The third-order valence-electron chi connectivity index (χ3n) is 2.41. The number of esters is 1. The number of carboxylic acid groups (broad SMARTS) is 1. The largest absolute Gasteiger partial charge is 0.478 e. The van der Waals surface area contributed by atoms with Gasteiger partial charge in [0, 0.05) is 12.2 Å². The number of ether oxygens (including phenoxy) is 1. The van der Waals surface area contributed by atoms with Crippen LogP contribution < -0.4 is 0 Å². The number of aliphatic carboxylic acids is 1. The maximum Gasteiger partial charge on any atom is 0.332 e.